The highest BCUT2D eigenvalue weighted by Gasteiger charge is 2.12. The average Bonchev–Trinajstić information content (AvgIpc) is 2.42. The highest BCUT2D eigenvalue weighted by molar-refractivity contribution is 6.30. The Morgan fingerprint density at radius 3 is 1.94 bits per heavy atom. The second-order valence-corrected chi connectivity index (χ2v) is 4.50. The lowest BCUT2D eigenvalue weighted by Gasteiger charge is -2.15. The van der Waals surface area contributed by atoms with Gasteiger partial charge in [-0.25, -0.2) is 0 Å². The Morgan fingerprint density at radius 2 is 1.50 bits per heavy atom. The third-order valence-corrected chi connectivity index (χ3v) is 3.23. The van der Waals surface area contributed by atoms with Crippen molar-refractivity contribution in [1.29, 1.82) is 0 Å². The van der Waals surface area contributed by atoms with E-state index in [-0.39, 0.29) is 12.5 Å². The number of ether oxygens (including phenoxy) is 1. The molecule has 1 N–H and O–H groups in total. The molecule has 0 aliphatic carbocycles. The van der Waals surface area contributed by atoms with Crippen LogP contribution in [0, 0.1) is 0 Å². The summed E-state index contributed by atoms with van der Waals surface area (Å²) in [4.78, 5) is 0. The number of halogens is 1. The Balaban J connectivity index is 2.29. The Labute approximate surface area is 112 Å². The van der Waals surface area contributed by atoms with Gasteiger partial charge >= 0.3 is 0 Å². The maximum atomic E-state index is 9.56. The van der Waals surface area contributed by atoms with Gasteiger partial charge in [-0.15, -0.1) is 0 Å². The standard InChI is InChI=1S/C15H15ClO2/c1-18-14-8-4-12(5-9-14)15(10-17)11-2-6-13(16)7-3-11/h2-9,15,17H,10H2,1H3. The lowest BCUT2D eigenvalue weighted by Crippen LogP contribution is -2.05. The normalized spacial score (nSPS) is 12.2. The summed E-state index contributed by atoms with van der Waals surface area (Å²) in [5, 5.41) is 10.3. The van der Waals surface area contributed by atoms with Gasteiger partial charge in [0.2, 0.25) is 0 Å². The molecule has 2 nitrogen and oxygen atoms in total. The number of benzene rings is 2. The molecule has 0 fully saturated rings. The van der Waals surface area contributed by atoms with Crippen molar-refractivity contribution in [3.63, 3.8) is 0 Å². The molecule has 0 saturated carbocycles. The van der Waals surface area contributed by atoms with E-state index in [9.17, 15) is 5.11 Å². The first kappa shape index (κ1) is 12.9. The van der Waals surface area contributed by atoms with E-state index in [4.69, 9.17) is 16.3 Å². The summed E-state index contributed by atoms with van der Waals surface area (Å²) in [6.45, 7) is 0.0635. The van der Waals surface area contributed by atoms with Crippen LogP contribution in [0.15, 0.2) is 48.5 Å². The van der Waals surface area contributed by atoms with E-state index in [1.807, 2.05) is 48.5 Å². The summed E-state index contributed by atoms with van der Waals surface area (Å²) in [5.74, 6) is 0.778. The first-order chi connectivity index (χ1) is 8.74. The van der Waals surface area contributed by atoms with Crippen molar-refractivity contribution in [2.45, 2.75) is 5.92 Å². The molecular formula is C15H15ClO2. The summed E-state index contributed by atoms with van der Waals surface area (Å²) < 4.78 is 5.12. The van der Waals surface area contributed by atoms with Gasteiger partial charge in [0.15, 0.2) is 0 Å². The van der Waals surface area contributed by atoms with Crippen molar-refractivity contribution < 1.29 is 9.84 Å². The summed E-state index contributed by atoms with van der Waals surface area (Å²) >= 11 is 5.87. The van der Waals surface area contributed by atoms with Gasteiger partial charge in [-0.3, -0.25) is 0 Å². The maximum absolute atomic E-state index is 9.56. The third kappa shape index (κ3) is 2.84. The van der Waals surface area contributed by atoms with E-state index >= 15 is 0 Å². The molecule has 0 radical (unpaired) electrons. The SMILES string of the molecule is COc1ccc(C(CO)c2ccc(Cl)cc2)cc1. The first-order valence-electron chi connectivity index (χ1n) is 5.75. The topological polar surface area (TPSA) is 29.5 Å². The largest absolute Gasteiger partial charge is 0.497 e. The van der Waals surface area contributed by atoms with Crippen molar-refractivity contribution in [3.8, 4) is 5.75 Å². The molecule has 18 heavy (non-hydrogen) atoms. The van der Waals surface area contributed by atoms with Crippen molar-refractivity contribution >= 4 is 11.6 Å². The van der Waals surface area contributed by atoms with Crippen LogP contribution in [0.1, 0.15) is 17.0 Å². The number of aliphatic hydroxyl groups excluding tert-OH is 1. The van der Waals surface area contributed by atoms with E-state index in [0.29, 0.717) is 5.02 Å². The molecule has 0 aliphatic heterocycles. The number of methoxy groups -OCH3 is 1. The van der Waals surface area contributed by atoms with Gasteiger partial charge in [-0.2, -0.15) is 0 Å². The minimum Gasteiger partial charge on any atom is -0.497 e. The Morgan fingerprint density at radius 1 is 1.00 bits per heavy atom. The van der Waals surface area contributed by atoms with Crippen LogP contribution in [0.4, 0.5) is 0 Å². The minimum absolute atomic E-state index is 0.0341. The van der Waals surface area contributed by atoms with Gasteiger partial charge in [0.05, 0.1) is 13.7 Å². The summed E-state index contributed by atoms with van der Waals surface area (Å²) in [6.07, 6.45) is 0. The highest BCUT2D eigenvalue weighted by atomic mass is 35.5. The quantitative estimate of drug-likeness (QED) is 0.914. The lowest BCUT2D eigenvalue weighted by atomic mass is 9.92. The molecule has 1 atom stereocenters. The smallest absolute Gasteiger partial charge is 0.118 e. The second kappa shape index (κ2) is 5.89. The van der Waals surface area contributed by atoms with Crippen molar-refractivity contribution in [1.82, 2.24) is 0 Å². The molecule has 0 bridgehead atoms. The molecule has 0 heterocycles. The highest BCUT2D eigenvalue weighted by Crippen LogP contribution is 2.26. The molecule has 0 amide bonds. The van der Waals surface area contributed by atoms with Crippen LogP contribution in [-0.2, 0) is 0 Å². The molecule has 3 heteroatoms. The summed E-state index contributed by atoms with van der Waals surface area (Å²) in [6, 6.07) is 15.3. The van der Waals surface area contributed by atoms with Gasteiger partial charge in [0.25, 0.3) is 0 Å². The summed E-state index contributed by atoms with van der Waals surface area (Å²) in [5.41, 5.74) is 2.10. The van der Waals surface area contributed by atoms with E-state index in [1.54, 1.807) is 7.11 Å². The zero-order valence-electron chi connectivity index (χ0n) is 10.1. The van der Waals surface area contributed by atoms with Gasteiger partial charge in [-0.05, 0) is 35.4 Å². The zero-order valence-corrected chi connectivity index (χ0v) is 10.9. The fraction of sp³-hybridized carbons (Fsp3) is 0.200. The molecule has 1 unspecified atom stereocenters. The number of hydrogen-bond acceptors (Lipinski definition) is 2. The molecule has 0 saturated heterocycles. The number of aliphatic hydroxyl groups is 1. The van der Waals surface area contributed by atoms with Crippen LogP contribution < -0.4 is 4.74 Å². The minimum atomic E-state index is -0.0341. The van der Waals surface area contributed by atoms with E-state index in [0.717, 1.165) is 16.9 Å². The van der Waals surface area contributed by atoms with Crippen molar-refractivity contribution in [2.24, 2.45) is 0 Å². The maximum Gasteiger partial charge on any atom is 0.118 e. The Hall–Kier alpha value is -1.51. The average molecular weight is 263 g/mol. The van der Waals surface area contributed by atoms with Crippen molar-refractivity contribution in [3.05, 3.63) is 64.7 Å². The Bertz CT molecular complexity index is 491. The van der Waals surface area contributed by atoms with Gasteiger partial charge in [0, 0.05) is 10.9 Å². The monoisotopic (exact) mass is 262 g/mol. The summed E-state index contributed by atoms with van der Waals surface area (Å²) in [7, 11) is 1.64. The molecule has 2 aromatic carbocycles. The second-order valence-electron chi connectivity index (χ2n) is 4.06. The fourth-order valence-electron chi connectivity index (χ4n) is 1.93. The van der Waals surface area contributed by atoms with Crippen LogP contribution in [0.3, 0.4) is 0 Å². The molecule has 0 aliphatic rings. The van der Waals surface area contributed by atoms with Crippen LogP contribution in [0.2, 0.25) is 5.02 Å². The van der Waals surface area contributed by atoms with E-state index in [2.05, 4.69) is 0 Å². The van der Waals surface area contributed by atoms with Crippen LogP contribution in [0.25, 0.3) is 0 Å². The van der Waals surface area contributed by atoms with Crippen LogP contribution >= 0.6 is 11.6 Å². The third-order valence-electron chi connectivity index (χ3n) is 2.97. The molecule has 2 rings (SSSR count). The van der Waals surface area contributed by atoms with Crippen molar-refractivity contribution in [2.75, 3.05) is 13.7 Å². The fourth-order valence-corrected chi connectivity index (χ4v) is 2.06. The molecular weight excluding hydrogens is 248 g/mol. The van der Waals surface area contributed by atoms with Gasteiger partial charge in [0.1, 0.15) is 5.75 Å². The molecule has 94 valence electrons. The number of hydrogen-bond donors (Lipinski definition) is 1. The predicted octanol–water partition coefficient (Wildman–Crippen LogP) is 3.47. The van der Waals surface area contributed by atoms with Gasteiger partial charge < -0.3 is 9.84 Å². The first-order valence-corrected chi connectivity index (χ1v) is 6.12. The molecule has 2 aromatic rings. The molecule has 0 aromatic heterocycles. The molecule has 0 spiro atoms. The van der Waals surface area contributed by atoms with Crippen LogP contribution in [-0.4, -0.2) is 18.8 Å². The van der Waals surface area contributed by atoms with Crippen LogP contribution in [0.5, 0.6) is 5.75 Å². The predicted molar refractivity (Wildman–Crippen MR) is 73.4 cm³/mol. The Kier molecular flexibility index (Phi) is 4.24. The van der Waals surface area contributed by atoms with Gasteiger partial charge in [-0.1, -0.05) is 35.9 Å². The zero-order chi connectivity index (χ0) is 13.0. The number of rotatable bonds is 4. The van der Waals surface area contributed by atoms with E-state index in [1.165, 1.54) is 0 Å². The van der Waals surface area contributed by atoms with E-state index < -0.39 is 0 Å². The lowest BCUT2D eigenvalue weighted by molar-refractivity contribution is 0.280.